The summed E-state index contributed by atoms with van der Waals surface area (Å²) in [5.74, 6) is -0.0247. The van der Waals surface area contributed by atoms with Crippen molar-refractivity contribution < 1.29 is 12.8 Å². The molecule has 0 amide bonds. The third kappa shape index (κ3) is 10.2. The Morgan fingerprint density at radius 1 is 1.23 bits per heavy atom. The summed E-state index contributed by atoms with van der Waals surface area (Å²) < 4.78 is 0. The summed E-state index contributed by atoms with van der Waals surface area (Å²) in [7, 11) is 0. The Morgan fingerprint density at radius 3 is 2.00 bits per heavy atom. The van der Waals surface area contributed by atoms with Gasteiger partial charge in [-0.15, -0.1) is 0 Å². The molecule has 0 rings (SSSR count). The molecule has 0 saturated heterocycles. The largest absolute Gasteiger partial charge is 2.00 e. The molecule has 13 heavy (non-hydrogen) atoms. The van der Waals surface area contributed by atoms with Gasteiger partial charge in [0, 0.05) is 6.42 Å². The molecular formula is C10H22MgO2. The zero-order valence-corrected chi connectivity index (χ0v) is 10.3. The molecular weight excluding hydrogens is 176 g/mol. The second kappa shape index (κ2) is 10.3. The fraction of sp³-hybridized carbons (Fsp3) is 0.900. The van der Waals surface area contributed by atoms with Crippen molar-refractivity contribution in [3.8, 4) is 0 Å². The summed E-state index contributed by atoms with van der Waals surface area (Å²) in [6.07, 6.45) is 5.90. The van der Waals surface area contributed by atoms with Crippen LogP contribution < -0.4 is 0 Å². The number of carbonyl (C=O) groups is 1. The maximum atomic E-state index is 10.3. The molecule has 0 aromatic heterocycles. The third-order valence-corrected chi connectivity index (χ3v) is 2.16. The van der Waals surface area contributed by atoms with E-state index in [1.807, 2.05) is 0 Å². The molecule has 0 aliphatic rings. The van der Waals surface area contributed by atoms with Gasteiger partial charge in [0.1, 0.15) is 0 Å². The van der Waals surface area contributed by atoms with Crippen molar-refractivity contribution >= 4 is 29.0 Å². The van der Waals surface area contributed by atoms with Gasteiger partial charge in [0.2, 0.25) is 0 Å². The molecule has 0 saturated carbocycles. The number of hydrogen-bond acceptors (Lipinski definition) is 1. The van der Waals surface area contributed by atoms with Crippen molar-refractivity contribution in [3.05, 3.63) is 0 Å². The van der Waals surface area contributed by atoms with Gasteiger partial charge in [-0.25, -0.2) is 0 Å². The summed E-state index contributed by atoms with van der Waals surface area (Å²) in [6.45, 7) is 4.31. The van der Waals surface area contributed by atoms with E-state index >= 15 is 0 Å². The molecule has 3 heteroatoms. The van der Waals surface area contributed by atoms with E-state index in [9.17, 15) is 4.79 Å². The van der Waals surface area contributed by atoms with Crippen LogP contribution in [0.4, 0.5) is 0 Å². The molecule has 0 aromatic rings. The molecule has 0 spiro atoms. The number of aliphatic carboxylic acids is 1. The van der Waals surface area contributed by atoms with Gasteiger partial charge in [-0.2, -0.15) is 0 Å². The Labute approximate surface area is 100 Å². The quantitative estimate of drug-likeness (QED) is 0.639. The smallest absolute Gasteiger partial charge is 1.00 e. The second-order valence-corrected chi connectivity index (χ2v) is 3.38. The van der Waals surface area contributed by atoms with Crippen LogP contribution in [0.3, 0.4) is 0 Å². The maximum absolute atomic E-state index is 10.3. The first-order chi connectivity index (χ1) is 5.70. The minimum Gasteiger partial charge on any atom is -1.00 e. The predicted molar refractivity (Wildman–Crippen MR) is 58.2 cm³/mol. The first-order valence-electron chi connectivity index (χ1n) is 4.92. The van der Waals surface area contributed by atoms with E-state index in [1.54, 1.807) is 0 Å². The monoisotopic (exact) mass is 198 g/mol. The summed E-state index contributed by atoms with van der Waals surface area (Å²) in [5.41, 5.74) is 0. The van der Waals surface area contributed by atoms with Gasteiger partial charge in [0.15, 0.2) is 0 Å². The third-order valence-electron chi connectivity index (χ3n) is 2.16. The van der Waals surface area contributed by atoms with E-state index in [0.29, 0.717) is 12.3 Å². The summed E-state index contributed by atoms with van der Waals surface area (Å²) in [4.78, 5) is 10.3. The van der Waals surface area contributed by atoms with Crippen LogP contribution in [0.15, 0.2) is 0 Å². The average Bonchev–Trinajstić information content (AvgIpc) is 2.01. The Kier molecular flexibility index (Phi) is 12.5. The van der Waals surface area contributed by atoms with Crippen molar-refractivity contribution in [1.82, 2.24) is 0 Å². The number of rotatable bonds is 7. The van der Waals surface area contributed by atoms with Gasteiger partial charge in [-0.05, 0) is 12.3 Å². The van der Waals surface area contributed by atoms with E-state index in [4.69, 9.17) is 5.11 Å². The van der Waals surface area contributed by atoms with Crippen molar-refractivity contribution in [1.29, 1.82) is 0 Å². The molecule has 0 radical (unpaired) electrons. The van der Waals surface area contributed by atoms with E-state index < -0.39 is 5.97 Å². The van der Waals surface area contributed by atoms with E-state index in [2.05, 4.69) is 13.8 Å². The number of hydrogen-bond donors (Lipinski definition) is 1. The number of carboxylic acids is 1. The van der Waals surface area contributed by atoms with Crippen LogP contribution in [-0.4, -0.2) is 34.1 Å². The van der Waals surface area contributed by atoms with Crippen molar-refractivity contribution in [2.45, 2.75) is 52.4 Å². The minimum atomic E-state index is -0.660. The fourth-order valence-corrected chi connectivity index (χ4v) is 1.58. The van der Waals surface area contributed by atoms with Gasteiger partial charge < -0.3 is 7.96 Å². The van der Waals surface area contributed by atoms with Gasteiger partial charge in [-0.1, -0.05) is 39.5 Å². The molecule has 0 aromatic carbocycles. The molecule has 1 N–H and O–H groups in total. The fourth-order valence-electron chi connectivity index (χ4n) is 1.58. The first kappa shape index (κ1) is 15.7. The molecule has 0 aliphatic heterocycles. The van der Waals surface area contributed by atoms with Gasteiger partial charge >= 0.3 is 29.0 Å². The predicted octanol–water partition coefficient (Wildman–Crippen LogP) is 2.91. The molecule has 0 fully saturated rings. The molecule has 76 valence electrons. The molecule has 0 aliphatic carbocycles. The van der Waals surface area contributed by atoms with E-state index in [0.717, 1.165) is 6.42 Å². The molecule has 2 nitrogen and oxygen atoms in total. The van der Waals surface area contributed by atoms with Crippen LogP contribution in [0, 0.1) is 5.92 Å². The SMILES string of the molecule is CCCC(CCC)CCC(=O)O.[H-].[H-].[Mg+2]. The standard InChI is InChI=1S/C10H20O2.Mg.2H/c1-3-5-9(6-4-2)7-8-10(11)12;;;/h9H,3-8H2,1-2H3,(H,11,12);;;/q;+2;2*-1. The first-order valence-corrected chi connectivity index (χ1v) is 4.92. The van der Waals surface area contributed by atoms with Crippen molar-refractivity contribution in [3.63, 3.8) is 0 Å². The Hall–Kier alpha value is 0.236. The van der Waals surface area contributed by atoms with Crippen LogP contribution >= 0.6 is 0 Å². The minimum absolute atomic E-state index is 0. The maximum Gasteiger partial charge on any atom is 2.00 e. The average molecular weight is 199 g/mol. The van der Waals surface area contributed by atoms with Gasteiger partial charge in [0.25, 0.3) is 0 Å². The topological polar surface area (TPSA) is 37.3 Å². The Bertz CT molecular complexity index is 129. The summed E-state index contributed by atoms with van der Waals surface area (Å²) >= 11 is 0. The molecule has 0 unspecified atom stereocenters. The van der Waals surface area contributed by atoms with E-state index in [1.165, 1.54) is 25.7 Å². The summed E-state index contributed by atoms with van der Waals surface area (Å²) in [5, 5.41) is 8.50. The van der Waals surface area contributed by atoms with Gasteiger partial charge in [0.05, 0.1) is 0 Å². The van der Waals surface area contributed by atoms with Crippen LogP contribution in [0.1, 0.15) is 55.2 Å². The van der Waals surface area contributed by atoms with E-state index in [-0.39, 0.29) is 25.9 Å². The van der Waals surface area contributed by atoms with Crippen LogP contribution in [-0.2, 0) is 4.79 Å². The van der Waals surface area contributed by atoms with Crippen molar-refractivity contribution in [2.24, 2.45) is 5.92 Å². The summed E-state index contributed by atoms with van der Waals surface area (Å²) in [6, 6.07) is 0. The van der Waals surface area contributed by atoms with Crippen LogP contribution in [0.25, 0.3) is 0 Å². The zero-order chi connectivity index (χ0) is 9.40. The van der Waals surface area contributed by atoms with Crippen LogP contribution in [0.5, 0.6) is 0 Å². The second-order valence-electron chi connectivity index (χ2n) is 3.38. The zero-order valence-electron chi connectivity index (χ0n) is 10.9. The Balaban J connectivity index is -0.000000202. The molecule has 0 atom stereocenters. The Morgan fingerprint density at radius 2 is 1.69 bits per heavy atom. The van der Waals surface area contributed by atoms with Crippen LogP contribution in [0.2, 0.25) is 0 Å². The van der Waals surface area contributed by atoms with Crippen molar-refractivity contribution in [2.75, 3.05) is 0 Å². The number of carboxylic acid groups (broad SMARTS) is 1. The molecule has 0 heterocycles. The van der Waals surface area contributed by atoms with Gasteiger partial charge in [-0.3, -0.25) is 4.79 Å². The normalized spacial score (nSPS) is 9.77. The molecule has 0 bridgehead atoms.